The molecule has 3 nitrogen and oxygen atoms in total. The minimum absolute atomic E-state index is 0.00721. The van der Waals surface area contributed by atoms with Crippen LogP contribution in [0.3, 0.4) is 0 Å². The SMILES string of the molecule is COC1CCC2(C)C(CCC3C4CCC(=O)C4(C)CCC32)CC1O. The fourth-order valence-electron chi connectivity index (χ4n) is 7.45. The van der Waals surface area contributed by atoms with Crippen molar-refractivity contribution in [3.8, 4) is 0 Å². The van der Waals surface area contributed by atoms with Gasteiger partial charge in [-0.2, -0.15) is 0 Å². The minimum Gasteiger partial charge on any atom is -0.390 e. The molecule has 1 N–H and O–H groups in total. The van der Waals surface area contributed by atoms with Crippen molar-refractivity contribution >= 4 is 5.78 Å². The molecule has 0 heterocycles. The number of rotatable bonds is 1. The van der Waals surface area contributed by atoms with E-state index in [1.807, 2.05) is 0 Å². The van der Waals surface area contributed by atoms with Crippen LogP contribution >= 0.6 is 0 Å². The highest BCUT2D eigenvalue weighted by Gasteiger charge is 2.60. The molecule has 0 bridgehead atoms. The van der Waals surface area contributed by atoms with E-state index in [2.05, 4.69) is 13.8 Å². The zero-order valence-electron chi connectivity index (χ0n) is 15.6. The Morgan fingerprint density at radius 1 is 1.04 bits per heavy atom. The number of carbonyl (C=O) groups excluding carboxylic acids is 1. The first kappa shape index (κ1) is 17.0. The number of Topliss-reactive ketones (excluding diaryl/α,β-unsaturated/α-hetero) is 1. The lowest BCUT2D eigenvalue weighted by molar-refractivity contribution is -0.137. The molecule has 0 spiro atoms. The largest absolute Gasteiger partial charge is 0.390 e. The molecule has 0 aromatic rings. The van der Waals surface area contributed by atoms with Crippen LogP contribution in [-0.2, 0) is 9.53 Å². The van der Waals surface area contributed by atoms with Gasteiger partial charge in [0, 0.05) is 18.9 Å². The zero-order valence-corrected chi connectivity index (χ0v) is 15.6. The maximum absolute atomic E-state index is 12.5. The summed E-state index contributed by atoms with van der Waals surface area (Å²) in [6.45, 7) is 4.76. The van der Waals surface area contributed by atoms with Gasteiger partial charge in [0.15, 0.2) is 0 Å². The number of fused-ring (bicyclic) bond motifs is 5. The predicted octanol–water partition coefficient (Wildman–Crippen LogP) is 3.97. The molecular formula is C21H34O3. The standard InChI is InChI=1S/C21H34O3/c1-20-11-9-18(24-3)17(22)12-13(20)4-5-14-15-6-7-19(23)21(15,2)10-8-16(14)20/h13-18,22H,4-12H2,1-3H3. The maximum Gasteiger partial charge on any atom is 0.139 e. The molecule has 8 unspecified atom stereocenters. The van der Waals surface area contributed by atoms with Crippen molar-refractivity contribution in [1.29, 1.82) is 0 Å². The molecular weight excluding hydrogens is 300 g/mol. The van der Waals surface area contributed by atoms with E-state index >= 15 is 0 Å². The van der Waals surface area contributed by atoms with Gasteiger partial charge in [0.05, 0.1) is 12.2 Å². The summed E-state index contributed by atoms with van der Waals surface area (Å²) < 4.78 is 5.58. The molecule has 0 saturated heterocycles. The molecule has 4 aliphatic rings. The summed E-state index contributed by atoms with van der Waals surface area (Å²) in [5, 5.41) is 10.6. The van der Waals surface area contributed by atoms with E-state index in [-0.39, 0.29) is 17.6 Å². The molecule has 4 aliphatic carbocycles. The first-order valence-corrected chi connectivity index (χ1v) is 10.1. The number of ketones is 1. The number of hydrogen-bond acceptors (Lipinski definition) is 3. The van der Waals surface area contributed by atoms with Crippen molar-refractivity contribution in [3.05, 3.63) is 0 Å². The normalized spacial score (nSPS) is 54.6. The topological polar surface area (TPSA) is 46.5 Å². The second kappa shape index (κ2) is 5.81. The van der Waals surface area contributed by atoms with Crippen LogP contribution in [0.2, 0.25) is 0 Å². The summed E-state index contributed by atoms with van der Waals surface area (Å²) in [7, 11) is 1.74. The molecule has 0 radical (unpaired) electrons. The van der Waals surface area contributed by atoms with Crippen LogP contribution in [0.5, 0.6) is 0 Å². The average Bonchev–Trinajstić information content (AvgIpc) is 2.78. The molecule has 24 heavy (non-hydrogen) atoms. The predicted molar refractivity (Wildman–Crippen MR) is 93.5 cm³/mol. The highest BCUT2D eigenvalue weighted by atomic mass is 16.5. The van der Waals surface area contributed by atoms with Gasteiger partial charge < -0.3 is 9.84 Å². The summed E-state index contributed by atoms with van der Waals surface area (Å²) in [4.78, 5) is 12.5. The highest BCUT2D eigenvalue weighted by molar-refractivity contribution is 5.87. The summed E-state index contributed by atoms with van der Waals surface area (Å²) in [6, 6.07) is 0. The van der Waals surface area contributed by atoms with Gasteiger partial charge in [-0.05, 0) is 80.5 Å². The van der Waals surface area contributed by atoms with E-state index in [1.54, 1.807) is 7.11 Å². The number of aliphatic hydroxyl groups is 1. The second-order valence-corrected chi connectivity index (χ2v) is 9.69. The van der Waals surface area contributed by atoms with E-state index < -0.39 is 0 Å². The van der Waals surface area contributed by atoms with Crippen molar-refractivity contribution in [3.63, 3.8) is 0 Å². The number of ether oxygens (including phenoxy) is 1. The maximum atomic E-state index is 12.5. The third kappa shape index (κ3) is 2.26. The third-order valence-electron chi connectivity index (χ3n) is 9.00. The lowest BCUT2D eigenvalue weighted by Crippen LogP contribution is -2.51. The molecule has 8 atom stereocenters. The van der Waals surface area contributed by atoms with Crippen LogP contribution in [0.4, 0.5) is 0 Å². The highest BCUT2D eigenvalue weighted by Crippen LogP contribution is 2.65. The monoisotopic (exact) mass is 334 g/mol. The summed E-state index contributed by atoms with van der Waals surface area (Å²) in [6.07, 6.45) is 9.50. The van der Waals surface area contributed by atoms with E-state index in [1.165, 1.54) is 25.7 Å². The quantitative estimate of drug-likeness (QED) is 0.789. The minimum atomic E-state index is -0.305. The lowest BCUT2D eigenvalue weighted by Gasteiger charge is -2.58. The van der Waals surface area contributed by atoms with Crippen molar-refractivity contribution < 1.29 is 14.6 Å². The first-order chi connectivity index (χ1) is 11.4. The van der Waals surface area contributed by atoms with Gasteiger partial charge >= 0.3 is 0 Å². The van der Waals surface area contributed by atoms with Gasteiger partial charge in [0.2, 0.25) is 0 Å². The molecule has 0 aliphatic heterocycles. The van der Waals surface area contributed by atoms with E-state index in [0.717, 1.165) is 43.9 Å². The smallest absolute Gasteiger partial charge is 0.139 e. The van der Waals surface area contributed by atoms with E-state index in [0.29, 0.717) is 23.0 Å². The van der Waals surface area contributed by atoms with Gasteiger partial charge in [0.25, 0.3) is 0 Å². The number of methoxy groups -OCH3 is 1. The van der Waals surface area contributed by atoms with Crippen LogP contribution in [-0.4, -0.2) is 30.2 Å². The number of aliphatic hydroxyl groups excluding tert-OH is 1. The summed E-state index contributed by atoms with van der Waals surface area (Å²) in [5.41, 5.74) is 0.299. The van der Waals surface area contributed by atoms with Gasteiger partial charge in [0.1, 0.15) is 5.78 Å². The van der Waals surface area contributed by atoms with Gasteiger partial charge in [-0.3, -0.25) is 4.79 Å². The Bertz CT molecular complexity index is 517. The Kier molecular flexibility index (Phi) is 4.12. The molecule has 3 heteroatoms. The van der Waals surface area contributed by atoms with Crippen LogP contribution < -0.4 is 0 Å². The molecule has 4 fully saturated rings. The summed E-state index contributed by atoms with van der Waals surface area (Å²) >= 11 is 0. The molecule has 0 amide bonds. The van der Waals surface area contributed by atoms with Crippen molar-refractivity contribution in [2.45, 2.75) is 83.8 Å². The van der Waals surface area contributed by atoms with Crippen molar-refractivity contribution in [1.82, 2.24) is 0 Å². The van der Waals surface area contributed by atoms with E-state index in [4.69, 9.17) is 4.74 Å². The molecule has 0 aromatic carbocycles. The van der Waals surface area contributed by atoms with Gasteiger partial charge in [-0.25, -0.2) is 0 Å². The Morgan fingerprint density at radius 3 is 2.58 bits per heavy atom. The lowest BCUT2D eigenvalue weighted by atomic mass is 9.47. The van der Waals surface area contributed by atoms with Crippen molar-refractivity contribution in [2.75, 3.05) is 7.11 Å². The first-order valence-electron chi connectivity index (χ1n) is 10.1. The Morgan fingerprint density at radius 2 is 1.83 bits per heavy atom. The van der Waals surface area contributed by atoms with Crippen LogP contribution in [0.15, 0.2) is 0 Å². The van der Waals surface area contributed by atoms with Crippen LogP contribution in [0, 0.1) is 34.5 Å². The zero-order chi connectivity index (χ0) is 17.1. The Balaban J connectivity index is 1.62. The van der Waals surface area contributed by atoms with Crippen LogP contribution in [0.1, 0.15) is 71.6 Å². The second-order valence-electron chi connectivity index (χ2n) is 9.69. The fraction of sp³-hybridized carbons (Fsp3) is 0.952. The fourth-order valence-corrected chi connectivity index (χ4v) is 7.45. The molecule has 4 saturated carbocycles. The number of hydrogen-bond donors (Lipinski definition) is 1. The molecule has 4 rings (SSSR count). The number of carbonyl (C=O) groups is 1. The molecule has 136 valence electrons. The van der Waals surface area contributed by atoms with E-state index in [9.17, 15) is 9.90 Å². The van der Waals surface area contributed by atoms with Crippen LogP contribution in [0.25, 0.3) is 0 Å². The summed E-state index contributed by atoms with van der Waals surface area (Å²) in [5.74, 6) is 3.24. The van der Waals surface area contributed by atoms with Crippen molar-refractivity contribution in [2.24, 2.45) is 34.5 Å². The van der Waals surface area contributed by atoms with Gasteiger partial charge in [-0.15, -0.1) is 0 Å². The Hall–Kier alpha value is -0.410. The average molecular weight is 335 g/mol. The third-order valence-corrected chi connectivity index (χ3v) is 9.00. The Labute approximate surface area is 146 Å². The van der Waals surface area contributed by atoms with Gasteiger partial charge in [-0.1, -0.05) is 13.8 Å². The molecule has 0 aromatic heterocycles.